The number of benzene rings is 2. The van der Waals surface area contributed by atoms with Crippen molar-refractivity contribution in [2.24, 2.45) is 5.92 Å². The van der Waals surface area contributed by atoms with Crippen molar-refractivity contribution in [3.8, 4) is 11.1 Å². The first-order valence-corrected chi connectivity index (χ1v) is 9.82. The molecule has 1 N–H and O–H groups in total. The Bertz CT molecular complexity index is 930. The summed E-state index contributed by atoms with van der Waals surface area (Å²) in [6, 6.07) is 14.1. The van der Waals surface area contributed by atoms with Crippen LogP contribution in [0.25, 0.3) is 11.1 Å². The Morgan fingerprint density at radius 2 is 2.00 bits per heavy atom. The Balaban J connectivity index is 1.76. The van der Waals surface area contributed by atoms with Gasteiger partial charge in [0, 0.05) is 31.3 Å². The predicted molar refractivity (Wildman–Crippen MR) is 109 cm³/mol. The molecule has 0 bridgehead atoms. The van der Waals surface area contributed by atoms with E-state index in [1.54, 1.807) is 6.92 Å². The molecule has 1 heterocycles. The van der Waals surface area contributed by atoms with Gasteiger partial charge in [0.1, 0.15) is 5.60 Å². The molecule has 0 amide bonds. The zero-order valence-corrected chi connectivity index (χ0v) is 16.3. The molecular weight excluding hydrogens is 334 g/mol. The number of hydrogen-bond acceptors (Lipinski definition) is 3. The van der Waals surface area contributed by atoms with Gasteiger partial charge >= 0.3 is 0 Å². The van der Waals surface area contributed by atoms with Crippen molar-refractivity contribution in [3.05, 3.63) is 70.9 Å². The van der Waals surface area contributed by atoms with E-state index in [9.17, 15) is 9.90 Å². The maximum Gasteiger partial charge on any atom is 0.159 e. The van der Waals surface area contributed by atoms with Gasteiger partial charge in [0.25, 0.3) is 0 Å². The van der Waals surface area contributed by atoms with E-state index in [0.717, 1.165) is 48.1 Å². The number of fused-ring (bicyclic) bond motifs is 1. The Morgan fingerprint density at radius 1 is 1.22 bits per heavy atom. The molecule has 3 heteroatoms. The molecule has 140 valence electrons. The highest BCUT2D eigenvalue weighted by Crippen LogP contribution is 2.50. The molecule has 0 saturated heterocycles. The van der Waals surface area contributed by atoms with E-state index in [0.29, 0.717) is 5.92 Å². The van der Waals surface area contributed by atoms with Gasteiger partial charge < -0.3 is 10.0 Å². The summed E-state index contributed by atoms with van der Waals surface area (Å²) in [4.78, 5) is 13.9. The lowest BCUT2D eigenvalue weighted by atomic mass is 9.82. The lowest BCUT2D eigenvalue weighted by Gasteiger charge is -2.28. The van der Waals surface area contributed by atoms with Crippen molar-refractivity contribution < 1.29 is 9.90 Å². The van der Waals surface area contributed by atoms with Gasteiger partial charge in [-0.15, -0.1) is 0 Å². The minimum Gasteiger partial charge on any atom is -0.381 e. The maximum absolute atomic E-state index is 11.7. The number of aryl methyl sites for hydroxylation is 1. The summed E-state index contributed by atoms with van der Waals surface area (Å²) in [6.45, 7) is 4.74. The van der Waals surface area contributed by atoms with Gasteiger partial charge in [-0.25, -0.2) is 0 Å². The Morgan fingerprint density at radius 3 is 2.74 bits per heavy atom. The average molecular weight is 361 g/mol. The number of rotatable bonds is 4. The number of nitrogens with zero attached hydrogens (tertiary/aromatic N) is 1. The summed E-state index contributed by atoms with van der Waals surface area (Å²) in [5.74, 6) is 0.546. The van der Waals surface area contributed by atoms with Crippen molar-refractivity contribution >= 4 is 5.78 Å². The van der Waals surface area contributed by atoms with Crippen molar-refractivity contribution in [1.82, 2.24) is 4.90 Å². The topological polar surface area (TPSA) is 40.5 Å². The molecule has 1 aliphatic heterocycles. The summed E-state index contributed by atoms with van der Waals surface area (Å²) >= 11 is 0. The molecule has 4 rings (SSSR count). The predicted octanol–water partition coefficient (Wildman–Crippen LogP) is 4.55. The maximum atomic E-state index is 11.7. The molecule has 2 aromatic rings. The first-order valence-electron chi connectivity index (χ1n) is 9.82. The fourth-order valence-electron chi connectivity index (χ4n) is 4.74. The second-order valence-corrected chi connectivity index (χ2v) is 7.98. The van der Waals surface area contributed by atoms with Gasteiger partial charge in [-0.05, 0) is 60.1 Å². The van der Waals surface area contributed by atoms with E-state index in [1.165, 1.54) is 11.1 Å². The van der Waals surface area contributed by atoms with E-state index in [4.69, 9.17) is 0 Å². The van der Waals surface area contributed by atoms with Crippen LogP contribution in [0.15, 0.2) is 54.2 Å². The molecular formula is C24H27NO2. The molecule has 2 atom stereocenters. The van der Waals surface area contributed by atoms with E-state index >= 15 is 0 Å². The lowest BCUT2D eigenvalue weighted by molar-refractivity contribution is 0.0815. The molecule has 1 saturated carbocycles. The first-order chi connectivity index (χ1) is 12.9. The largest absolute Gasteiger partial charge is 0.381 e. The van der Waals surface area contributed by atoms with Crippen LogP contribution in [0.5, 0.6) is 0 Å². The molecule has 1 aliphatic carbocycles. The molecule has 27 heavy (non-hydrogen) atoms. The normalized spacial score (nSPS) is 24.1. The van der Waals surface area contributed by atoms with Gasteiger partial charge in [0.05, 0.1) is 0 Å². The molecule has 3 nitrogen and oxygen atoms in total. The zero-order chi connectivity index (χ0) is 19.2. The number of carbonyl (C=O) groups excluding carboxylic acids is 1. The molecule has 0 aromatic heterocycles. The number of carbonyl (C=O) groups is 1. The summed E-state index contributed by atoms with van der Waals surface area (Å²) in [6.07, 6.45) is 4.84. The minimum absolute atomic E-state index is 0.0767. The molecule has 2 aliphatic rings. The smallest absolute Gasteiger partial charge is 0.159 e. The van der Waals surface area contributed by atoms with Crippen LogP contribution in [0, 0.1) is 5.92 Å². The van der Waals surface area contributed by atoms with E-state index in [1.807, 2.05) is 24.3 Å². The van der Waals surface area contributed by atoms with Crippen LogP contribution in [-0.2, 0) is 12.0 Å². The standard InChI is InChI=1S/C24H27NO2/c1-4-17-12-20(19-7-5-6-18(13-19)16(2)26)8-9-22(17)24(27)11-10-21-14-25(3)15-23(21)24/h5-9,12-13,15,21,27H,4,10-11,14H2,1-3H3/t21?,24-/m1/s1. The highest BCUT2D eigenvalue weighted by molar-refractivity contribution is 5.95. The Kier molecular flexibility index (Phi) is 4.43. The number of aliphatic hydroxyl groups is 1. The summed E-state index contributed by atoms with van der Waals surface area (Å²) < 4.78 is 0. The molecule has 1 fully saturated rings. The molecule has 2 aromatic carbocycles. The fraction of sp³-hybridized carbons (Fsp3) is 0.375. The monoisotopic (exact) mass is 361 g/mol. The third kappa shape index (κ3) is 3.00. The highest BCUT2D eigenvalue weighted by atomic mass is 16.3. The lowest BCUT2D eigenvalue weighted by Crippen LogP contribution is -2.26. The summed E-state index contributed by atoms with van der Waals surface area (Å²) in [7, 11) is 2.08. The minimum atomic E-state index is -0.847. The van der Waals surface area contributed by atoms with Crippen LogP contribution < -0.4 is 0 Å². The van der Waals surface area contributed by atoms with Gasteiger partial charge in [-0.3, -0.25) is 4.79 Å². The number of hydrogen-bond donors (Lipinski definition) is 1. The molecule has 1 unspecified atom stereocenters. The third-order valence-electron chi connectivity index (χ3n) is 6.17. The van der Waals surface area contributed by atoms with Gasteiger partial charge in [0.15, 0.2) is 5.78 Å². The van der Waals surface area contributed by atoms with Gasteiger partial charge in [-0.1, -0.05) is 43.3 Å². The number of ketones is 1. The van der Waals surface area contributed by atoms with Crippen molar-refractivity contribution in [2.45, 2.75) is 38.7 Å². The second kappa shape index (κ2) is 6.65. The highest BCUT2D eigenvalue weighted by Gasteiger charge is 2.47. The van der Waals surface area contributed by atoms with Crippen LogP contribution >= 0.6 is 0 Å². The quantitative estimate of drug-likeness (QED) is 0.813. The average Bonchev–Trinajstić information content (AvgIpc) is 3.20. The van der Waals surface area contributed by atoms with E-state index in [2.05, 4.69) is 43.3 Å². The van der Waals surface area contributed by atoms with Gasteiger partial charge in [-0.2, -0.15) is 0 Å². The Labute approximate surface area is 161 Å². The van der Waals surface area contributed by atoms with Crippen LogP contribution in [0.2, 0.25) is 0 Å². The third-order valence-corrected chi connectivity index (χ3v) is 6.17. The molecule has 0 radical (unpaired) electrons. The van der Waals surface area contributed by atoms with Crippen molar-refractivity contribution in [1.29, 1.82) is 0 Å². The van der Waals surface area contributed by atoms with Gasteiger partial charge in [0.2, 0.25) is 0 Å². The SMILES string of the molecule is CCc1cc(-c2cccc(C(C)=O)c2)ccc1[C@]1(O)CCC2CN(C)C=C21. The van der Waals surface area contributed by atoms with Crippen LogP contribution in [0.4, 0.5) is 0 Å². The first kappa shape index (κ1) is 18.0. The van der Waals surface area contributed by atoms with Crippen LogP contribution in [-0.4, -0.2) is 29.4 Å². The van der Waals surface area contributed by atoms with Crippen molar-refractivity contribution in [2.75, 3.05) is 13.6 Å². The van der Waals surface area contributed by atoms with E-state index < -0.39 is 5.60 Å². The van der Waals surface area contributed by atoms with E-state index in [-0.39, 0.29) is 5.78 Å². The van der Waals surface area contributed by atoms with Crippen LogP contribution in [0.1, 0.15) is 48.2 Å². The van der Waals surface area contributed by atoms with Crippen LogP contribution in [0.3, 0.4) is 0 Å². The Hall–Kier alpha value is -2.39. The van der Waals surface area contributed by atoms with Crippen molar-refractivity contribution in [3.63, 3.8) is 0 Å². The zero-order valence-electron chi connectivity index (χ0n) is 16.3. The number of Topliss-reactive ketones (excluding diaryl/α,β-unsaturated/α-hetero) is 1. The molecule has 0 spiro atoms. The second-order valence-electron chi connectivity index (χ2n) is 7.98. The summed E-state index contributed by atoms with van der Waals surface area (Å²) in [5, 5.41) is 11.6. The fourth-order valence-corrected chi connectivity index (χ4v) is 4.74. The summed E-state index contributed by atoms with van der Waals surface area (Å²) in [5.41, 5.74) is 5.41.